The van der Waals surface area contributed by atoms with Gasteiger partial charge in [-0.1, -0.05) is 48.5 Å². The SMILES string of the molecule is O=C(NO)c1ccccc1-c1ccc(-c2ccccc2)s1. The Balaban J connectivity index is 2.03. The van der Waals surface area contributed by atoms with Crippen molar-refractivity contribution in [2.24, 2.45) is 0 Å². The van der Waals surface area contributed by atoms with Gasteiger partial charge >= 0.3 is 0 Å². The van der Waals surface area contributed by atoms with E-state index in [0.29, 0.717) is 5.56 Å². The van der Waals surface area contributed by atoms with Gasteiger partial charge in [0, 0.05) is 15.3 Å². The maximum Gasteiger partial charge on any atom is 0.275 e. The molecule has 0 aliphatic rings. The number of hydroxylamine groups is 1. The molecule has 0 unspecified atom stereocenters. The van der Waals surface area contributed by atoms with Gasteiger partial charge in [-0.3, -0.25) is 10.0 Å². The summed E-state index contributed by atoms with van der Waals surface area (Å²) < 4.78 is 0. The molecule has 3 aromatic rings. The van der Waals surface area contributed by atoms with Gasteiger partial charge in [-0.2, -0.15) is 0 Å². The summed E-state index contributed by atoms with van der Waals surface area (Å²) in [4.78, 5) is 13.9. The molecule has 0 atom stereocenters. The van der Waals surface area contributed by atoms with E-state index in [-0.39, 0.29) is 0 Å². The molecular formula is C17H13NO2S. The quantitative estimate of drug-likeness (QED) is 0.562. The van der Waals surface area contributed by atoms with Crippen molar-refractivity contribution in [2.45, 2.75) is 0 Å². The fourth-order valence-corrected chi connectivity index (χ4v) is 3.25. The van der Waals surface area contributed by atoms with Gasteiger partial charge in [-0.15, -0.1) is 11.3 Å². The lowest BCUT2D eigenvalue weighted by Crippen LogP contribution is -2.19. The number of nitrogens with one attached hydrogen (secondary N) is 1. The van der Waals surface area contributed by atoms with Gasteiger partial charge in [-0.25, -0.2) is 5.48 Å². The van der Waals surface area contributed by atoms with Crippen molar-refractivity contribution in [2.75, 3.05) is 0 Å². The summed E-state index contributed by atoms with van der Waals surface area (Å²) in [6.07, 6.45) is 0. The summed E-state index contributed by atoms with van der Waals surface area (Å²) in [5.74, 6) is -0.500. The molecular weight excluding hydrogens is 282 g/mol. The summed E-state index contributed by atoms with van der Waals surface area (Å²) >= 11 is 1.62. The van der Waals surface area contributed by atoms with Crippen LogP contribution in [0.15, 0.2) is 66.7 Å². The Morgan fingerprint density at radius 2 is 1.52 bits per heavy atom. The van der Waals surface area contributed by atoms with E-state index in [2.05, 4.69) is 12.1 Å². The highest BCUT2D eigenvalue weighted by molar-refractivity contribution is 7.18. The second-order valence-electron chi connectivity index (χ2n) is 4.52. The molecule has 2 aromatic carbocycles. The number of hydrogen-bond donors (Lipinski definition) is 2. The average molecular weight is 295 g/mol. The molecule has 21 heavy (non-hydrogen) atoms. The molecule has 0 bridgehead atoms. The lowest BCUT2D eigenvalue weighted by molar-refractivity contribution is 0.0707. The van der Waals surface area contributed by atoms with Gasteiger partial charge in [0.2, 0.25) is 0 Å². The molecule has 0 saturated carbocycles. The van der Waals surface area contributed by atoms with Gasteiger partial charge in [0.25, 0.3) is 5.91 Å². The molecule has 1 aromatic heterocycles. The molecule has 4 heteroatoms. The summed E-state index contributed by atoms with van der Waals surface area (Å²) in [6, 6.07) is 21.4. The molecule has 2 N–H and O–H groups in total. The van der Waals surface area contributed by atoms with Crippen LogP contribution in [0, 0.1) is 0 Å². The maximum absolute atomic E-state index is 11.7. The molecule has 1 amide bonds. The van der Waals surface area contributed by atoms with Gasteiger partial charge in [0.15, 0.2) is 0 Å². The number of carbonyl (C=O) groups is 1. The third-order valence-corrected chi connectivity index (χ3v) is 4.37. The Kier molecular flexibility index (Phi) is 3.81. The number of benzene rings is 2. The Hall–Kier alpha value is -2.43. The molecule has 104 valence electrons. The van der Waals surface area contributed by atoms with Gasteiger partial charge in [0.1, 0.15) is 0 Å². The zero-order valence-electron chi connectivity index (χ0n) is 11.1. The zero-order chi connectivity index (χ0) is 14.7. The van der Waals surface area contributed by atoms with E-state index in [1.165, 1.54) is 0 Å². The van der Waals surface area contributed by atoms with E-state index in [1.807, 2.05) is 42.5 Å². The minimum absolute atomic E-state index is 0.460. The number of hydrogen-bond acceptors (Lipinski definition) is 3. The van der Waals surface area contributed by atoms with Crippen molar-refractivity contribution in [3.63, 3.8) is 0 Å². The number of rotatable bonds is 3. The molecule has 0 spiro atoms. The van der Waals surface area contributed by atoms with Crippen LogP contribution in [0.2, 0.25) is 0 Å². The van der Waals surface area contributed by atoms with Crippen molar-refractivity contribution in [1.29, 1.82) is 0 Å². The highest BCUT2D eigenvalue weighted by atomic mass is 32.1. The normalized spacial score (nSPS) is 10.3. The van der Waals surface area contributed by atoms with E-state index in [4.69, 9.17) is 5.21 Å². The first-order chi connectivity index (χ1) is 10.3. The van der Waals surface area contributed by atoms with E-state index >= 15 is 0 Å². The minimum atomic E-state index is -0.500. The van der Waals surface area contributed by atoms with Crippen molar-refractivity contribution in [3.8, 4) is 20.9 Å². The monoisotopic (exact) mass is 295 g/mol. The number of carbonyl (C=O) groups excluding carboxylic acids is 1. The lowest BCUT2D eigenvalue weighted by atomic mass is 10.1. The van der Waals surface area contributed by atoms with E-state index in [0.717, 1.165) is 20.9 Å². The third-order valence-electron chi connectivity index (χ3n) is 3.20. The summed E-state index contributed by atoms with van der Waals surface area (Å²) in [7, 11) is 0. The second-order valence-corrected chi connectivity index (χ2v) is 5.60. The topological polar surface area (TPSA) is 49.3 Å². The number of thiophene rings is 1. The van der Waals surface area contributed by atoms with E-state index in [9.17, 15) is 4.79 Å². The van der Waals surface area contributed by atoms with E-state index < -0.39 is 5.91 Å². The fourth-order valence-electron chi connectivity index (χ4n) is 2.20. The Morgan fingerprint density at radius 1 is 0.857 bits per heavy atom. The average Bonchev–Trinajstić information content (AvgIpc) is 3.05. The molecule has 0 saturated heterocycles. The van der Waals surface area contributed by atoms with E-state index in [1.54, 1.807) is 28.9 Å². The van der Waals surface area contributed by atoms with Crippen LogP contribution >= 0.6 is 11.3 Å². The van der Waals surface area contributed by atoms with Gasteiger partial charge < -0.3 is 0 Å². The van der Waals surface area contributed by atoms with Crippen LogP contribution in [0.4, 0.5) is 0 Å². The standard InChI is InChI=1S/C17H13NO2S/c19-17(18-20)14-9-5-4-8-13(14)16-11-10-15(21-16)12-6-2-1-3-7-12/h1-11,20H,(H,18,19). The van der Waals surface area contributed by atoms with Crippen LogP contribution < -0.4 is 5.48 Å². The van der Waals surface area contributed by atoms with Crippen LogP contribution in [0.1, 0.15) is 10.4 Å². The molecule has 0 radical (unpaired) electrons. The largest absolute Gasteiger partial charge is 0.288 e. The molecule has 1 heterocycles. The minimum Gasteiger partial charge on any atom is -0.288 e. The Labute approximate surface area is 126 Å². The first-order valence-corrected chi connectivity index (χ1v) is 7.30. The highest BCUT2D eigenvalue weighted by Gasteiger charge is 2.13. The first-order valence-electron chi connectivity index (χ1n) is 6.48. The predicted octanol–water partition coefficient (Wildman–Crippen LogP) is 4.20. The summed E-state index contributed by atoms with van der Waals surface area (Å²) in [5.41, 5.74) is 4.12. The maximum atomic E-state index is 11.7. The zero-order valence-corrected chi connectivity index (χ0v) is 11.9. The van der Waals surface area contributed by atoms with Crippen LogP contribution in [0.5, 0.6) is 0 Å². The smallest absolute Gasteiger partial charge is 0.275 e. The molecule has 0 aliphatic carbocycles. The number of amides is 1. The van der Waals surface area contributed by atoms with Crippen molar-refractivity contribution in [1.82, 2.24) is 5.48 Å². The highest BCUT2D eigenvalue weighted by Crippen LogP contribution is 2.35. The van der Waals surface area contributed by atoms with Crippen LogP contribution in [-0.2, 0) is 0 Å². The Bertz CT molecular complexity index is 765. The fraction of sp³-hybridized carbons (Fsp3) is 0. The van der Waals surface area contributed by atoms with Crippen molar-refractivity contribution in [3.05, 3.63) is 72.3 Å². The molecule has 0 fully saturated rings. The van der Waals surface area contributed by atoms with Gasteiger partial charge in [-0.05, 0) is 23.8 Å². The van der Waals surface area contributed by atoms with Crippen molar-refractivity contribution < 1.29 is 10.0 Å². The second kappa shape index (κ2) is 5.91. The van der Waals surface area contributed by atoms with Crippen LogP contribution in [0.3, 0.4) is 0 Å². The Morgan fingerprint density at radius 3 is 2.29 bits per heavy atom. The first kappa shape index (κ1) is 13.5. The third kappa shape index (κ3) is 2.72. The summed E-state index contributed by atoms with van der Waals surface area (Å²) in [5, 5.41) is 8.85. The lowest BCUT2D eigenvalue weighted by Gasteiger charge is -2.05. The predicted molar refractivity (Wildman–Crippen MR) is 84.4 cm³/mol. The summed E-state index contributed by atoms with van der Waals surface area (Å²) in [6.45, 7) is 0. The van der Waals surface area contributed by atoms with Gasteiger partial charge in [0.05, 0.1) is 5.56 Å². The molecule has 3 rings (SSSR count). The molecule has 0 aliphatic heterocycles. The van der Waals surface area contributed by atoms with Crippen LogP contribution in [-0.4, -0.2) is 11.1 Å². The van der Waals surface area contributed by atoms with Crippen molar-refractivity contribution >= 4 is 17.2 Å². The molecule has 3 nitrogen and oxygen atoms in total. The van der Waals surface area contributed by atoms with Crippen LogP contribution in [0.25, 0.3) is 20.9 Å².